The molecule has 0 saturated carbocycles. The summed E-state index contributed by atoms with van der Waals surface area (Å²) in [6, 6.07) is 6.09. The molecular weight excluding hydrogens is 332 g/mol. The highest BCUT2D eigenvalue weighted by Gasteiger charge is 2.05. The number of hydrogen-bond donors (Lipinski definition) is 2. The Hall–Kier alpha value is -0.690. The Kier molecular flexibility index (Phi) is 4.94. The summed E-state index contributed by atoms with van der Waals surface area (Å²) in [5.41, 5.74) is 0.910. The molecule has 2 heterocycles. The predicted molar refractivity (Wildman–Crippen MR) is 81.2 cm³/mol. The van der Waals surface area contributed by atoms with Gasteiger partial charge in [-0.05, 0) is 39.5 Å². The molecule has 0 spiro atoms. The minimum atomic E-state index is -0.0307. The molecule has 0 aliphatic carbocycles. The van der Waals surface area contributed by atoms with Crippen LogP contribution in [0.5, 0.6) is 0 Å². The molecule has 6 heteroatoms. The first kappa shape index (κ1) is 13.7. The summed E-state index contributed by atoms with van der Waals surface area (Å²) >= 11 is 6.82. The Labute approximate surface area is 122 Å². The highest BCUT2D eigenvalue weighted by molar-refractivity contribution is 9.11. The SMILES string of the molecule is CC(=O)Nc1ccsc1CNCc1ccc(Br)s1. The molecule has 2 rings (SSSR count). The lowest BCUT2D eigenvalue weighted by Gasteiger charge is -2.05. The molecule has 2 aromatic rings. The maximum Gasteiger partial charge on any atom is 0.221 e. The van der Waals surface area contributed by atoms with E-state index >= 15 is 0 Å². The first-order valence-electron chi connectivity index (χ1n) is 5.44. The van der Waals surface area contributed by atoms with Gasteiger partial charge in [-0.15, -0.1) is 22.7 Å². The van der Waals surface area contributed by atoms with Gasteiger partial charge in [0, 0.05) is 29.8 Å². The third-order valence-corrected chi connectivity index (χ3v) is 4.81. The maximum absolute atomic E-state index is 11.0. The van der Waals surface area contributed by atoms with Crippen molar-refractivity contribution in [1.82, 2.24) is 5.32 Å². The lowest BCUT2D eigenvalue weighted by Crippen LogP contribution is -2.13. The summed E-state index contributed by atoms with van der Waals surface area (Å²) in [5, 5.41) is 8.20. The number of nitrogens with one attached hydrogen (secondary N) is 2. The molecule has 2 aromatic heterocycles. The second kappa shape index (κ2) is 6.47. The van der Waals surface area contributed by atoms with Gasteiger partial charge in [0.1, 0.15) is 0 Å². The molecule has 0 radical (unpaired) electrons. The summed E-state index contributed by atoms with van der Waals surface area (Å²) in [5.74, 6) is -0.0307. The zero-order chi connectivity index (χ0) is 13.0. The van der Waals surface area contributed by atoms with Gasteiger partial charge in [-0.3, -0.25) is 4.79 Å². The standard InChI is InChI=1S/C12H13BrN2OS2/c1-8(16)15-10-4-5-17-11(10)7-14-6-9-2-3-12(13)18-9/h2-5,14H,6-7H2,1H3,(H,15,16). The van der Waals surface area contributed by atoms with Crippen molar-refractivity contribution in [2.45, 2.75) is 20.0 Å². The summed E-state index contributed by atoms with van der Waals surface area (Å²) < 4.78 is 1.15. The van der Waals surface area contributed by atoms with Crippen LogP contribution in [0.3, 0.4) is 0 Å². The van der Waals surface area contributed by atoms with E-state index in [0.29, 0.717) is 0 Å². The number of thiophene rings is 2. The van der Waals surface area contributed by atoms with Gasteiger partial charge in [-0.1, -0.05) is 0 Å². The fourth-order valence-electron chi connectivity index (χ4n) is 1.52. The van der Waals surface area contributed by atoms with Gasteiger partial charge in [0.25, 0.3) is 0 Å². The number of carbonyl (C=O) groups is 1. The molecule has 3 nitrogen and oxygen atoms in total. The number of rotatable bonds is 5. The van der Waals surface area contributed by atoms with E-state index in [1.54, 1.807) is 22.7 Å². The second-order valence-electron chi connectivity index (χ2n) is 3.75. The molecule has 18 heavy (non-hydrogen) atoms. The molecule has 0 aromatic carbocycles. The lowest BCUT2D eigenvalue weighted by atomic mass is 10.3. The molecule has 96 valence electrons. The van der Waals surface area contributed by atoms with E-state index in [9.17, 15) is 4.79 Å². The Morgan fingerprint density at radius 1 is 1.33 bits per heavy atom. The van der Waals surface area contributed by atoms with Crippen LogP contribution in [0.2, 0.25) is 0 Å². The van der Waals surface area contributed by atoms with Crippen molar-refractivity contribution in [1.29, 1.82) is 0 Å². The number of hydrogen-bond acceptors (Lipinski definition) is 4. The number of carbonyl (C=O) groups excluding carboxylic acids is 1. The van der Waals surface area contributed by atoms with Gasteiger partial charge in [-0.2, -0.15) is 0 Å². The van der Waals surface area contributed by atoms with Gasteiger partial charge in [0.05, 0.1) is 9.47 Å². The van der Waals surface area contributed by atoms with Crippen molar-refractivity contribution < 1.29 is 4.79 Å². The van der Waals surface area contributed by atoms with E-state index in [0.717, 1.165) is 27.4 Å². The molecule has 0 unspecified atom stereocenters. The van der Waals surface area contributed by atoms with Gasteiger partial charge in [0.15, 0.2) is 0 Å². The largest absolute Gasteiger partial charge is 0.325 e. The van der Waals surface area contributed by atoms with E-state index in [1.165, 1.54) is 11.8 Å². The molecule has 2 N–H and O–H groups in total. The van der Waals surface area contributed by atoms with Crippen molar-refractivity contribution in [3.8, 4) is 0 Å². The topological polar surface area (TPSA) is 41.1 Å². The number of anilines is 1. The van der Waals surface area contributed by atoms with Gasteiger partial charge >= 0.3 is 0 Å². The maximum atomic E-state index is 11.0. The van der Waals surface area contributed by atoms with Crippen molar-refractivity contribution >= 4 is 50.2 Å². The molecule has 0 aliphatic heterocycles. The minimum absolute atomic E-state index is 0.0307. The van der Waals surface area contributed by atoms with E-state index in [2.05, 4.69) is 38.7 Å². The molecule has 0 atom stereocenters. The Balaban J connectivity index is 1.86. The molecule has 0 aliphatic rings. The summed E-state index contributed by atoms with van der Waals surface area (Å²) in [6.45, 7) is 3.13. The quantitative estimate of drug-likeness (QED) is 0.865. The number of halogens is 1. The van der Waals surface area contributed by atoms with E-state index < -0.39 is 0 Å². The smallest absolute Gasteiger partial charge is 0.221 e. The normalized spacial score (nSPS) is 10.6. The molecule has 1 amide bonds. The van der Waals surface area contributed by atoms with E-state index in [-0.39, 0.29) is 5.91 Å². The summed E-state index contributed by atoms with van der Waals surface area (Å²) in [4.78, 5) is 13.5. The predicted octanol–water partition coefficient (Wildman–Crippen LogP) is 3.82. The van der Waals surface area contributed by atoms with Crippen LogP contribution in [-0.4, -0.2) is 5.91 Å². The highest BCUT2D eigenvalue weighted by Crippen LogP contribution is 2.24. The Bertz CT molecular complexity index is 536. The highest BCUT2D eigenvalue weighted by atomic mass is 79.9. The summed E-state index contributed by atoms with van der Waals surface area (Å²) in [7, 11) is 0. The first-order chi connectivity index (χ1) is 8.65. The van der Waals surface area contributed by atoms with Gasteiger partial charge in [0.2, 0.25) is 5.91 Å². The van der Waals surface area contributed by atoms with E-state index in [4.69, 9.17) is 0 Å². The van der Waals surface area contributed by atoms with Crippen LogP contribution in [-0.2, 0) is 17.9 Å². The Morgan fingerprint density at radius 3 is 2.83 bits per heavy atom. The van der Waals surface area contributed by atoms with Crippen LogP contribution in [0.4, 0.5) is 5.69 Å². The third kappa shape index (κ3) is 3.91. The summed E-state index contributed by atoms with van der Waals surface area (Å²) in [6.07, 6.45) is 0. The van der Waals surface area contributed by atoms with Crippen LogP contribution < -0.4 is 10.6 Å². The fraction of sp³-hybridized carbons (Fsp3) is 0.250. The van der Waals surface area contributed by atoms with Crippen LogP contribution in [0, 0.1) is 0 Å². The first-order valence-corrected chi connectivity index (χ1v) is 7.93. The van der Waals surface area contributed by atoms with Crippen LogP contribution in [0.15, 0.2) is 27.4 Å². The van der Waals surface area contributed by atoms with Crippen molar-refractivity contribution in [3.05, 3.63) is 37.1 Å². The van der Waals surface area contributed by atoms with Crippen LogP contribution in [0.1, 0.15) is 16.7 Å². The van der Waals surface area contributed by atoms with Gasteiger partial charge < -0.3 is 10.6 Å². The molecule has 0 bridgehead atoms. The van der Waals surface area contributed by atoms with Crippen LogP contribution in [0.25, 0.3) is 0 Å². The monoisotopic (exact) mass is 344 g/mol. The third-order valence-electron chi connectivity index (χ3n) is 2.27. The lowest BCUT2D eigenvalue weighted by molar-refractivity contribution is -0.114. The van der Waals surface area contributed by atoms with Crippen molar-refractivity contribution in [3.63, 3.8) is 0 Å². The minimum Gasteiger partial charge on any atom is -0.325 e. The Morgan fingerprint density at radius 2 is 2.17 bits per heavy atom. The van der Waals surface area contributed by atoms with Gasteiger partial charge in [-0.25, -0.2) is 0 Å². The van der Waals surface area contributed by atoms with Crippen LogP contribution >= 0.6 is 38.6 Å². The average Bonchev–Trinajstić information content (AvgIpc) is 2.88. The second-order valence-corrected chi connectivity index (χ2v) is 7.30. The average molecular weight is 345 g/mol. The van der Waals surface area contributed by atoms with E-state index in [1.807, 2.05) is 11.4 Å². The molecule has 0 saturated heterocycles. The fourth-order valence-corrected chi connectivity index (χ4v) is 3.78. The zero-order valence-electron chi connectivity index (χ0n) is 9.83. The van der Waals surface area contributed by atoms with Crippen molar-refractivity contribution in [2.24, 2.45) is 0 Å². The molecule has 0 fully saturated rings. The van der Waals surface area contributed by atoms with Crippen molar-refractivity contribution in [2.75, 3.05) is 5.32 Å². The molecular formula is C12H13BrN2OS2. The zero-order valence-corrected chi connectivity index (χ0v) is 13.0. The number of amides is 1.